The number of aryl methyl sites for hydroxylation is 3. The van der Waals surface area contributed by atoms with Gasteiger partial charge in [-0.25, -0.2) is 4.98 Å². The van der Waals surface area contributed by atoms with Crippen molar-refractivity contribution in [3.05, 3.63) is 54.5 Å². The lowest BCUT2D eigenvalue weighted by Gasteiger charge is -2.18. The third kappa shape index (κ3) is 3.62. The standard InChI is InChI=1S/C23H26N6O2S/c1-16-13-20(26-32(30,31)21-9-12-28(3)25-21)22-19(15-27(2)23(22)24-16)17-7-6-8-18(14-17)29-10-4-5-11-29/h6-9,12-15H,4-5,10-11H2,1-3H3,(H,24,26). The summed E-state index contributed by atoms with van der Waals surface area (Å²) < 4.78 is 32.2. The molecule has 1 saturated heterocycles. The van der Waals surface area contributed by atoms with E-state index in [2.05, 4.69) is 44.0 Å². The first-order valence-corrected chi connectivity index (χ1v) is 12.1. The Labute approximate surface area is 187 Å². The molecule has 0 aliphatic carbocycles. The smallest absolute Gasteiger partial charge is 0.281 e. The van der Waals surface area contributed by atoms with Crippen molar-refractivity contribution in [3.63, 3.8) is 0 Å². The highest BCUT2D eigenvalue weighted by Crippen LogP contribution is 2.37. The largest absolute Gasteiger partial charge is 0.372 e. The molecule has 0 radical (unpaired) electrons. The Morgan fingerprint density at radius 1 is 1.06 bits per heavy atom. The third-order valence-electron chi connectivity index (χ3n) is 5.89. The summed E-state index contributed by atoms with van der Waals surface area (Å²) in [6, 6.07) is 11.7. The van der Waals surface area contributed by atoms with E-state index in [0.29, 0.717) is 5.69 Å². The number of nitrogens with one attached hydrogen (secondary N) is 1. The van der Waals surface area contributed by atoms with Crippen molar-refractivity contribution in [2.45, 2.75) is 24.8 Å². The van der Waals surface area contributed by atoms with E-state index >= 15 is 0 Å². The van der Waals surface area contributed by atoms with E-state index in [1.54, 1.807) is 19.3 Å². The molecule has 1 aliphatic rings. The van der Waals surface area contributed by atoms with Crippen LogP contribution in [0.1, 0.15) is 18.5 Å². The van der Waals surface area contributed by atoms with Crippen LogP contribution in [0.15, 0.2) is 53.8 Å². The summed E-state index contributed by atoms with van der Waals surface area (Å²) in [5, 5.41) is 4.82. The minimum absolute atomic E-state index is 0.0175. The Kier molecular flexibility index (Phi) is 4.93. The molecule has 4 heterocycles. The van der Waals surface area contributed by atoms with Crippen LogP contribution in [0.2, 0.25) is 0 Å². The van der Waals surface area contributed by atoms with Crippen LogP contribution in [-0.2, 0) is 24.1 Å². The van der Waals surface area contributed by atoms with Crippen LogP contribution in [0, 0.1) is 6.92 Å². The number of anilines is 2. The predicted octanol–water partition coefficient (Wildman–Crippen LogP) is 3.68. The topological polar surface area (TPSA) is 85.0 Å². The summed E-state index contributed by atoms with van der Waals surface area (Å²) in [4.78, 5) is 7.08. The van der Waals surface area contributed by atoms with Crippen molar-refractivity contribution in [3.8, 4) is 11.1 Å². The van der Waals surface area contributed by atoms with Gasteiger partial charge >= 0.3 is 0 Å². The van der Waals surface area contributed by atoms with E-state index < -0.39 is 10.0 Å². The van der Waals surface area contributed by atoms with Gasteiger partial charge in [0.05, 0.1) is 11.1 Å². The fraction of sp³-hybridized carbons (Fsp3) is 0.304. The lowest BCUT2D eigenvalue weighted by Crippen LogP contribution is -2.17. The predicted molar refractivity (Wildman–Crippen MR) is 126 cm³/mol. The normalized spacial score (nSPS) is 14.4. The Morgan fingerprint density at radius 2 is 1.84 bits per heavy atom. The van der Waals surface area contributed by atoms with Crippen LogP contribution >= 0.6 is 0 Å². The summed E-state index contributed by atoms with van der Waals surface area (Å²) in [5.41, 5.74) is 5.12. The lowest BCUT2D eigenvalue weighted by atomic mass is 10.0. The zero-order valence-corrected chi connectivity index (χ0v) is 19.2. The number of rotatable bonds is 5. The lowest BCUT2D eigenvalue weighted by molar-refractivity contribution is 0.593. The average Bonchev–Trinajstić information content (AvgIpc) is 3.49. The number of nitrogens with zero attached hydrogens (tertiary/aromatic N) is 5. The monoisotopic (exact) mass is 450 g/mol. The molecule has 0 atom stereocenters. The Balaban J connectivity index is 1.65. The van der Waals surface area contributed by atoms with Gasteiger partial charge in [-0.1, -0.05) is 12.1 Å². The molecule has 1 aromatic carbocycles. The second kappa shape index (κ2) is 7.67. The maximum atomic E-state index is 13.0. The summed E-state index contributed by atoms with van der Waals surface area (Å²) in [6.45, 7) is 3.99. The van der Waals surface area contributed by atoms with Gasteiger partial charge in [0.1, 0.15) is 5.65 Å². The summed E-state index contributed by atoms with van der Waals surface area (Å²) in [5.74, 6) is 0. The van der Waals surface area contributed by atoms with Crippen LogP contribution in [0.3, 0.4) is 0 Å². The Bertz CT molecular complexity index is 1410. The van der Waals surface area contributed by atoms with Gasteiger partial charge in [0, 0.05) is 56.5 Å². The van der Waals surface area contributed by atoms with Crippen LogP contribution in [0.25, 0.3) is 22.2 Å². The van der Waals surface area contributed by atoms with Crippen molar-refractivity contribution in [2.75, 3.05) is 22.7 Å². The highest BCUT2D eigenvalue weighted by Gasteiger charge is 2.22. The number of hydrogen-bond donors (Lipinski definition) is 1. The quantitative estimate of drug-likeness (QED) is 0.501. The van der Waals surface area contributed by atoms with Gasteiger partial charge in [0.25, 0.3) is 10.0 Å². The van der Waals surface area contributed by atoms with Crippen molar-refractivity contribution in [1.29, 1.82) is 0 Å². The van der Waals surface area contributed by atoms with Crippen molar-refractivity contribution >= 4 is 32.4 Å². The van der Waals surface area contributed by atoms with Gasteiger partial charge in [-0.3, -0.25) is 9.40 Å². The van der Waals surface area contributed by atoms with Gasteiger partial charge in [-0.05, 0) is 49.6 Å². The maximum absolute atomic E-state index is 13.0. The second-order valence-corrected chi connectivity index (χ2v) is 9.97. The highest BCUT2D eigenvalue weighted by atomic mass is 32.2. The van der Waals surface area contributed by atoms with E-state index in [4.69, 9.17) is 0 Å². The van der Waals surface area contributed by atoms with E-state index in [1.807, 2.05) is 24.7 Å². The molecule has 166 valence electrons. The SMILES string of the molecule is Cc1cc(NS(=O)(=O)c2ccn(C)n2)c2c(-c3cccc(N4CCCC4)c3)cn(C)c2n1. The molecule has 3 aromatic heterocycles. The number of hydrogen-bond acceptors (Lipinski definition) is 5. The molecule has 8 nitrogen and oxygen atoms in total. The Morgan fingerprint density at radius 3 is 2.56 bits per heavy atom. The summed E-state index contributed by atoms with van der Waals surface area (Å²) >= 11 is 0. The molecule has 32 heavy (non-hydrogen) atoms. The first-order chi connectivity index (χ1) is 15.3. The van der Waals surface area contributed by atoms with Crippen LogP contribution < -0.4 is 9.62 Å². The van der Waals surface area contributed by atoms with Gasteiger partial charge in [0.15, 0.2) is 5.03 Å². The molecule has 0 unspecified atom stereocenters. The number of fused-ring (bicyclic) bond motifs is 1. The number of benzene rings is 1. The maximum Gasteiger partial charge on any atom is 0.281 e. The summed E-state index contributed by atoms with van der Waals surface area (Å²) in [6.07, 6.45) is 6.04. The fourth-order valence-corrected chi connectivity index (χ4v) is 5.41. The Hall–Kier alpha value is -3.33. The second-order valence-electron chi connectivity index (χ2n) is 8.34. The zero-order valence-electron chi connectivity index (χ0n) is 18.4. The van der Waals surface area contributed by atoms with E-state index in [1.165, 1.54) is 29.3 Å². The first-order valence-electron chi connectivity index (χ1n) is 10.7. The summed E-state index contributed by atoms with van der Waals surface area (Å²) in [7, 11) is -0.218. The van der Waals surface area contributed by atoms with Crippen LogP contribution in [0.4, 0.5) is 11.4 Å². The number of sulfonamides is 1. The first kappa shape index (κ1) is 20.6. The van der Waals surface area contributed by atoms with Gasteiger partial charge in [-0.15, -0.1) is 0 Å². The molecule has 0 bridgehead atoms. The minimum atomic E-state index is -3.84. The van der Waals surface area contributed by atoms with E-state index in [9.17, 15) is 8.42 Å². The molecule has 1 aliphatic heterocycles. The zero-order chi connectivity index (χ0) is 22.5. The molecule has 0 saturated carbocycles. The molecule has 9 heteroatoms. The number of pyridine rings is 1. The van der Waals surface area contributed by atoms with Gasteiger partial charge in [-0.2, -0.15) is 13.5 Å². The van der Waals surface area contributed by atoms with Crippen LogP contribution in [-0.4, -0.2) is 40.8 Å². The van der Waals surface area contributed by atoms with Gasteiger partial charge < -0.3 is 9.47 Å². The van der Waals surface area contributed by atoms with E-state index in [-0.39, 0.29) is 5.03 Å². The van der Waals surface area contributed by atoms with Gasteiger partial charge in [0.2, 0.25) is 0 Å². The highest BCUT2D eigenvalue weighted by molar-refractivity contribution is 7.92. The van der Waals surface area contributed by atoms with Crippen molar-refractivity contribution in [1.82, 2.24) is 19.3 Å². The number of aromatic nitrogens is 4. The molecule has 1 N–H and O–H groups in total. The molecular formula is C23H26N6O2S. The molecular weight excluding hydrogens is 424 g/mol. The minimum Gasteiger partial charge on any atom is -0.372 e. The van der Waals surface area contributed by atoms with Crippen molar-refractivity contribution in [2.24, 2.45) is 14.1 Å². The molecule has 0 amide bonds. The van der Waals surface area contributed by atoms with Crippen molar-refractivity contribution < 1.29 is 8.42 Å². The average molecular weight is 451 g/mol. The third-order valence-corrected chi connectivity index (χ3v) is 7.15. The molecule has 4 aromatic rings. The molecule has 1 fully saturated rings. The van der Waals surface area contributed by atoms with E-state index in [0.717, 1.165) is 40.9 Å². The molecule has 0 spiro atoms. The fourth-order valence-electron chi connectivity index (χ4n) is 4.38. The molecule has 5 rings (SSSR count). The van der Waals surface area contributed by atoms with Crippen LogP contribution in [0.5, 0.6) is 0 Å².